The van der Waals surface area contributed by atoms with E-state index in [1.54, 1.807) is 0 Å². The highest BCUT2D eigenvalue weighted by atomic mass is 16.5. The van der Waals surface area contributed by atoms with Crippen molar-refractivity contribution in [1.82, 2.24) is 5.32 Å². The molecule has 1 saturated heterocycles. The maximum Gasteiger partial charge on any atom is 0.139 e. The van der Waals surface area contributed by atoms with E-state index in [0.29, 0.717) is 24.3 Å². The monoisotopic (exact) mass is 241 g/mol. The molecule has 2 rings (SSSR count). The van der Waals surface area contributed by atoms with E-state index >= 15 is 0 Å². The van der Waals surface area contributed by atoms with Crippen molar-refractivity contribution in [2.45, 2.75) is 38.7 Å². The third-order valence-corrected chi connectivity index (χ3v) is 4.08. The van der Waals surface area contributed by atoms with E-state index in [1.165, 1.54) is 12.8 Å². The molecule has 98 valence electrons. The first kappa shape index (κ1) is 12.6. The number of amidine groups is 1. The molecule has 0 radical (unpaired) electrons. The number of oxime groups is 1. The Balaban J connectivity index is 1.68. The minimum absolute atomic E-state index is 0.249. The fourth-order valence-corrected chi connectivity index (χ4v) is 2.58. The quantitative estimate of drug-likeness (QED) is 0.279. The summed E-state index contributed by atoms with van der Waals surface area (Å²) in [5.74, 6) is 0.983. The Morgan fingerprint density at radius 2 is 2.35 bits per heavy atom. The van der Waals surface area contributed by atoms with Crippen LogP contribution in [0.5, 0.6) is 0 Å². The van der Waals surface area contributed by atoms with Crippen LogP contribution in [-0.4, -0.2) is 36.8 Å². The van der Waals surface area contributed by atoms with Gasteiger partial charge in [-0.3, -0.25) is 0 Å². The highest BCUT2D eigenvalue weighted by Crippen LogP contribution is 2.48. The van der Waals surface area contributed by atoms with Gasteiger partial charge in [0.25, 0.3) is 0 Å². The van der Waals surface area contributed by atoms with Gasteiger partial charge in [0, 0.05) is 26.1 Å². The third kappa shape index (κ3) is 3.33. The van der Waals surface area contributed by atoms with Crippen molar-refractivity contribution in [2.75, 3.05) is 19.7 Å². The molecule has 0 aromatic rings. The first-order valence-corrected chi connectivity index (χ1v) is 6.44. The Bertz CT molecular complexity index is 289. The lowest BCUT2D eigenvalue weighted by molar-refractivity contribution is 0.105. The number of nitrogens with zero attached hydrogens (tertiary/aromatic N) is 1. The molecule has 0 spiro atoms. The molecular weight excluding hydrogens is 218 g/mol. The normalized spacial score (nSPS) is 31.7. The van der Waals surface area contributed by atoms with Crippen LogP contribution in [0.3, 0.4) is 0 Å². The van der Waals surface area contributed by atoms with Crippen LogP contribution in [0.15, 0.2) is 5.16 Å². The second-order valence-corrected chi connectivity index (χ2v) is 5.52. The number of ether oxygens (including phenoxy) is 1. The molecule has 17 heavy (non-hydrogen) atoms. The molecule has 2 atom stereocenters. The summed E-state index contributed by atoms with van der Waals surface area (Å²) in [5.41, 5.74) is 5.82. The zero-order valence-electron chi connectivity index (χ0n) is 10.5. The van der Waals surface area contributed by atoms with Crippen LogP contribution in [0, 0.1) is 11.3 Å². The lowest BCUT2D eigenvalue weighted by Gasteiger charge is -2.19. The van der Waals surface area contributed by atoms with Gasteiger partial charge < -0.3 is 21.0 Å². The first-order chi connectivity index (χ1) is 8.15. The van der Waals surface area contributed by atoms with Crippen LogP contribution in [-0.2, 0) is 4.74 Å². The van der Waals surface area contributed by atoms with Crippen LogP contribution in [0.25, 0.3) is 0 Å². The smallest absolute Gasteiger partial charge is 0.139 e. The largest absolute Gasteiger partial charge is 0.409 e. The predicted molar refractivity (Wildman–Crippen MR) is 66.1 cm³/mol. The zero-order chi connectivity index (χ0) is 12.3. The molecule has 4 N–H and O–H groups in total. The molecule has 1 aliphatic carbocycles. The molecule has 2 fully saturated rings. The Labute approximate surface area is 102 Å². The van der Waals surface area contributed by atoms with Crippen molar-refractivity contribution in [3.63, 3.8) is 0 Å². The summed E-state index contributed by atoms with van der Waals surface area (Å²) in [6.07, 6.45) is 4.58. The number of hydrogen-bond donors (Lipinski definition) is 3. The second-order valence-electron chi connectivity index (χ2n) is 5.52. The van der Waals surface area contributed by atoms with E-state index in [2.05, 4.69) is 17.4 Å². The SMILES string of the molecule is CC1OCCC1CNCC1(CC(N)=NO)CC1. The van der Waals surface area contributed by atoms with Gasteiger partial charge in [-0.15, -0.1) is 0 Å². The highest BCUT2D eigenvalue weighted by Gasteiger charge is 2.43. The first-order valence-electron chi connectivity index (χ1n) is 6.44. The Hall–Kier alpha value is -0.810. The summed E-state index contributed by atoms with van der Waals surface area (Å²) < 4.78 is 5.53. The maximum atomic E-state index is 8.58. The predicted octanol–water partition coefficient (Wildman–Crippen LogP) is 0.918. The summed E-state index contributed by atoms with van der Waals surface area (Å²) >= 11 is 0. The fourth-order valence-electron chi connectivity index (χ4n) is 2.58. The highest BCUT2D eigenvalue weighted by molar-refractivity contribution is 5.80. The number of hydrogen-bond acceptors (Lipinski definition) is 4. The number of nitrogens with one attached hydrogen (secondary N) is 1. The zero-order valence-corrected chi connectivity index (χ0v) is 10.5. The minimum Gasteiger partial charge on any atom is -0.409 e. The number of rotatable bonds is 6. The van der Waals surface area contributed by atoms with Crippen molar-refractivity contribution in [3.8, 4) is 0 Å². The maximum absolute atomic E-state index is 8.58. The molecular formula is C12H23N3O2. The van der Waals surface area contributed by atoms with Crippen molar-refractivity contribution >= 4 is 5.84 Å². The molecule has 2 aliphatic rings. The van der Waals surface area contributed by atoms with E-state index in [-0.39, 0.29) is 5.41 Å². The van der Waals surface area contributed by atoms with Gasteiger partial charge in [0.1, 0.15) is 5.84 Å². The molecule has 0 aromatic heterocycles. The van der Waals surface area contributed by atoms with Gasteiger partial charge in [-0.25, -0.2) is 0 Å². The summed E-state index contributed by atoms with van der Waals surface area (Å²) in [6.45, 7) is 5.01. The molecule has 0 amide bonds. The lowest BCUT2D eigenvalue weighted by Crippen LogP contribution is -2.33. The van der Waals surface area contributed by atoms with Gasteiger partial charge in [0.2, 0.25) is 0 Å². The van der Waals surface area contributed by atoms with E-state index in [0.717, 1.165) is 26.1 Å². The van der Waals surface area contributed by atoms with Crippen LogP contribution in [0.1, 0.15) is 32.6 Å². The minimum atomic E-state index is 0.249. The van der Waals surface area contributed by atoms with E-state index < -0.39 is 0 Å². The standard InChI is InChI=1S/C12H23N3O2/c1-9-10(2-5-17-9)7-14-8-12(3-4-12)6-11(13)15-16/h9-10,14,16H,2-8H2,1H3,(H2,13,15). The Morgan fingerprint density at radius 3 is 2.88 bits per heavy atom. The van der Waals surface area contributed by atoms with Gasteiger partial charge >= 0.3 is 0 Å². The van der Waals surface area contributed by atoms with E-state index in [4.69, 9.17) is 15.7 Å². The van der Waals surface area contributed by atoms with Crippen molar-refractivity contribution in [2.24, 2.45) is 22.2 Å². The van der Waals surface area contributed by atoms with Gasteiger partial charge in [0.15, 0.2) is 0 Å². The van der Waals surface area contributed by atoms with E-state index in [1.807, 2.05) is 0 Å². The van der Waals surface area contributed by atoms with Crippen LogP contribution >= 0.6 is 0 Å². The summed E-state index contributed by atoms with van der Waals surface area (Å²) in [4.78, 5) is 0. The van der Waals surface area contributed by atoms with Crippen LogP contribution in [0.2, 0.25) is 0 Å². The summed E-state index contributed by atoms with van der Waals surface area (Å²) in [6, 6.07) is 0. The van der Waals surface area contributed by atoms with Gasteiger partial charge in [-0.2, -0.15) is 0 Å². The lowest BCUT2D eigenvalue weighted by atomic mass is 10.00. The van der Waals surface area contributed by atoms with Crippen molar-refractivity contribution in [3.05, 3.63) is 0 Å². The van der Waals surface area contributed by atoms with Crippen molar-refractivity contribution < 1.29 is 9.94 Å². The fraction of sp³-hybridized carbons (Fsp3) is 0.917. The third-order valence-electron chi connectivity index (χ3n) is 4.08. The van der Waals surface area contributed by atoms with Gasteiger partial charge in [0.05, 0.1) is 6.10 Å². The average molecular weight is 241 g/mol. The molecule has 2 unspecified atom stereocenters. The molecule has 1 saturated carbocycles. The van der Waals surface area contributed by atoms with Crippen molar-refractivity contribution in [1.29, 1.82) is 0 Å². The second kappa shape index (κ2) is 5.23. The Kier molecular flexibility index (Phi) is 3.89. The van der Waals surface area contributed by atoms with Gasteiger partial charge in [-0.05, 0) is 37.5 Å². The van der Waals surface area contributed by atoms with Crippen LogP contribution < -0.4 is 11.1 Å². The topological polar surface area (TPSA) is 79.9 Å². The Morgan fingerprint density at radius 1 is 1.59 bits per heavy atom. The molecule has 1 aliphatic heterocycles. The molecule has 5 nitrogen and oxygen atoms in total. The number of nitrogens with two attached hydrogens (primary N) is 1. The van der Waals surface area contributed by atoms with Gasteiger partial charge in [-0.1, -0.05) is 5.16 Å². The average Bonchev–Trinajstić information content (AvgIpc) is 2.95. The molecule has 0 aromatic carbocycles. The van der Waals surface area contributed by atoms with E-state index in [9.17, 15) is 0 Å². The molecule has 5 heteroatoms. The molecule has 0 bridgehead atoms. The van der Waals surface area contributed by atoms with Crippen LogP contribution in [0.4, 0.5) is 0 Å². The summed E-state index contributed by atoms with van der Waals surface area (Å²) in [7, 11) is 0. The molecule has 1 heterocycles. The summed E-state index contributed by atoms with van der Waals surface area (Å²) in [5, 5.41) is 15.2.